The van der Waals surface area contributed by atoms with E-state index in [0.29, 0.717) is 6.04 Å². The summed E-state index contributed by atoms with van der Waals surface area (Å²) in [7, 11) is 1.79. The summed E-state index contributed by atoms with van der Waals surface area (Å²) in [5.74, 6) is 1.97. The van der Waals surface area contributed by atoms with Gasteiger partial charge in [-0.25, -0.2) is 0 Å². The van der Waals surface area contributed by atoms with Crippen molar-refractivity contribution in [3.63, 3.8) is 0 Å². The Balaban J connectivity index is 1.68. The quantitative estimate of drug-likeness (QED) is 0.872. The zero-order valence-corrected chi connectivity index (χ0v) is 14.8. The van der Waals surface area contributed by atoms with Crippen molar-refractivity contribution in [3.8, 4) is 5.75 Å². The van der Waals surface area contributed by atoms with E-state index in [1.54, 1.807) is 7.11 Å². The van der Waals surface area contributed by atoms with E-state index < -0.39 is 0 Å². The lowest BCUT2D eigenvalue weighted by atomic mass is 9.86. The molecule has 0 aromatic heterocycles. The van der Waals surface area contributed by atoms with Crippen molar-refractivity contribution in [2.45, 2.75) is 51.5 Å². The molecule has 0 unspecified atom stereocenters. The molecule has 1 aliphatic carbocycles. The average molecular weight is 316 g/mol. The van der Waals surface area contributed by atoms with Gasteiger partial charge in [-0.1, -0.05) is 19.1 Å². The standard InChI is InChI=1S/C20H32N2O/c1-3-13-22(15-16-9-11-21-12-10-16)18-7-8-19-17(14-18)5-4-6-20(19)23-2/h4-6,16,18,21H,3,7-15H2,1-2H3/t18-/m0/s1. The van der Waals surface area contributed by atoms with E-state index in [0.717, 1.165) is 18.1 Å². The summed E-state index contributed by atoms with van der Waals surface area (Å²) in [4.78, 5) is 2.79. The van der Waals surface area contributed by atoms with Crippen molar-refractivity contribution in [1.29, 1.82) is 0 Å². The average Bonchev–Trinajstić information content (AvgIpc) is 2.61. The predicted octanol–water partition coefficient (Wildman–Crippen LogP) is 3.26. The largest absolute Gasteiger partial charge is 0.496 e. The summed E-state index contributed by atoms with van der Waals surface area (Å²) in [6.45, 7) is 7.26. The van der Waals surface area contributed by atoms with Crippen LogP contribution >= 0.6 is 0 Å². The molecule has 3 rings (SSSR count). The Hall–Kier alpha value is -1.06. The summed E-state index contributed by atoms with van der Waals surface area (Å²) in [6.07, 6.45) is 7.58. The Kier molecular flexibility index (Phi) is 5.96. The number of rotatable bonds is 6. The SMILES string of the molecule is CCCN(CC1CCNCC1)[C@H]1CCc2c(cccc2OC)C1. The molecule has 0 amide bonds. The second-order valence-corrected chi connectivity index (χ2v) is 7.18. The molecule has 3 nitrogen and oxygen atoms in total. The van der Waals surface area contributed by atoms with E-state index in [2.05, 4.69) is 35.3 Å². The second-order valence-electron chi connectivity index (χ2n) is 7.18. The number of ether oxygens (including phenoxy) is 1. The predicted molar refractivity (Wildman–Crippen MR) is 96.3 cm³/mol. The van der Waals surface area contributed by atoms with Crippen LogP contribution in [0, 0.1) is 5.92 Å². The highest BCUT2D eigenvalue weighted by atomic mass is 16.5. The lowest BCUT2D eigenvalue weighted by molar-refractivity contribution is 0.139. The topological polar surface area (TPSA) is 24.5 Å². The van der Waals surface area contributed by atoms with Crippen molar-refractivity contribution in [3.05, 3.63) is 29.3 Å². The molecule has 1 fully saturated rings. The molecule has 0 saturated carbocycles. The van der Waals surface area contributed by atoms with Crippen molar-refractivity contribution in [2.75, 3.05) is 33.3 Å². The minimum atomic E-state index is 0.712. The minimum absolute atomic E-state index is 0.712. The molecule has 0 radical (unpaired) electrons. The smallest absolute Gasteiger partial charge is 0.122 e. The third-order valence-electron chi connectivity index (χ3n) is 5.61. The summed E-state index contributed by atoms with van der Waals surface area (Å²) in [6, 6.07) is 7.28. The van der Waals surface area contributed by atoms with Crippen molar-refractivity contribution < 1.29 is 4.74 Å². The van der Waals surface area contributed by atoms with E-state index >= 15 is 0 Å². The maximum absolute atomic E-state index is 5.56. The maximum atomic E-state index is 5.56. The zero-order valence-electron chi connectivity index (χ0n) is 14.8. The van der Waals surface area contributed by atoms with Gasteiger partial charge in [-0.15, -0.1) is 0 Å². The van der Waals surface area contributed by atoms with Crippen molar-refractivity contribution in [1.82, 2.24) is 10.2 Å². The van der Waals surface area contributed by atoms with Gasteiger partial charge in [0.1, 0.15) is 5.75 Å². The van der Waals surface area contributed by atoms with E-state index in [1.807, 2.05) is 0 Å². The van der Waals surface area contributed by atoms with Gasteiger partial charge in [-0.05, 0) is 81.3 Å². The van der Waals surface area contributed by atoms with Gasteiger partial charge in [-0.3, -0.25) is 4.90 Å². The molecular formula is C20H32N2O. The van der Waals surface area contributed by atoms with Gasteiger partial charge in [0.05, 0.1) is 7.11 Å². The molecule has 1 aromatic carbocycles. The molecule has 1 saturated heterocycles. The normalized spacial score (nSPS) is 22.1. The summed E-state index contributed by atoms with van der Waals surface area (Å²) < 4.78 is 5.56. The van der Waals surface area contributed by atoms with Gasteiger partial charge in [-0.2, -0.15) is 0 Å². The molecule has 1 heterocycles. The first-order valence-corrected chi connectivity index (χ1v) is 9.41. The Labute approximate surface area is 141 Å². The monoisotopic (exact) mass is 316 g/mol. The fourth-order valence-corrected chi connectivity index (χ4v) is 4.36. The van der Waals surface area contributed by atoms with Gasteiger partial charge in [0.15, 0.2) is 0 Å². The van der Waals surface area contributed by atoms with Crippen LogP contribution in [0.5, 0.6) is 5.75 Å². The zero-order chi connectivity index (χ0) is 16.1. The van der Waals surface area contributed by atoms with Crippen molar-refractivity contribution in [2.24, 2.45) is 5.92 Å². The van der Waals surface area contributed by atoms with Gasteiger partial charge < -0.3 is 10.1 Å². The molecule has 128 valence electrons. The van der Waals surface area contributed by atoms with Crippen LogP contribution in [0.2, 0.25) is 0 Å². The Morgan fingerprint density at radius 2 is 2.04 bits per heavy atom. The molecular weight excluding hydrogens is 284 g/mol. The number of hydrogen-bond acceptors (Lipinski definition) is 3. The summed E-state index contributed by atoms with van der Waals surface area (Å²) in [5.41, 5.74) is 2.96. The van der Waals surface area contributed by atoms with E-state index in [-0.39, 0.29) is 0 Å². The van der Waals surface area contributed by atoms with Gasteiger partial charge in [0, 0.05) is 12.6 Å². The van der Waals surface area contributed by atoms with Crippen molar-refractivity contribution >= 4 is 0 Å². The van der Waals surface area contributed by atoms with Crippen LogP contribution in [-0.4, -0.2) is 44.2 Å². The van der Waals surface area contributed by atoms with E-state index in [1.165, 1.54) is 69.4 Å². The summed E-state index contributed by atoms with van der Waals surface area (Å²) in [5, 5.41) is 3.49. The van der Waals surface area contributed by atoms with Gasteiger partial charge in [0.2, 0.25) is 0 Å². The lowest BCUT2D eigenvalue weighted by Crippen LogP contribution is -2.44. The van der Waals surface area contributed by atoms with E-state index in [9.17, 15) is 0 Å². The fourth-order valence-electron chi connectivity index (χ4n) is 4.36. The Morgan fingerprint density at radius 3 is 2.78 bits per heavy atom. The van der Waals surface area contributed by atoms with Crippen LogP contribution in [0.25, 0.3) is 0 Å². The number of piperidine rings is 1. The molecule has 23 heavy (non-hydrogen) atoms. The van der Waals surface area contributed by atoms with Crippen LogP contribution in [0.4, 0.5) is 0 Å². The second kappa shape index (κ2) is 8.16. The molecule has 3 heteroatoms. The highest BCUT2D eigenvalue weighted by Gasteiger charge is 2.27. The third-order valence-corrected chi connectivity index (χ3v) is 5.61. The molecule has 1 aliphatic heterocycles. The molecule has 1 atom stereocenters. The number of nitrogens with zero attached hydrogens (tertiary/aromatic N) is 1. The number of fused-ring (bicyclic) bond motifs is 1. The Bertz CT molecular complexity index is 496. The maximum Gasteiger partial charge on any atom is 0.122 e. The molecule has 1 aromatic rings. The van der Waals surface area contributed by atoms with Crippen LogP contribution in [-0.2, 0) is 12.8 Å². The van der Waals surface area contributed by atoms with Gasteiger partial charge >= 0.3 is 0 Å². The highest BCUT2D eigenvalue weighted by Crippen LogP contribution is 2.32. The highest BCUT2D eigenvalue weighted by molar-refractivity contribution is 5.42. The summed E-state index contributed by atoms with van der Waals surface area (Å²) >= 11 is 0. The molecule has 0 spiro atoms. The first-order valence-electron chi connectivity index (χ1n) is 9.41. The number of methoxy groups -OCH3 is 1. The van der Waals surface area contributed by atoms with Crippen LogP contribution < -0.4 is 10.1 Å². The van der Waals surface area contributed by atoms with Gasteiger partial charge in [0.25, 0.3) is 0 Å². The first kappa shape index (κ1) is 16.8. The first-order chi connectivity index (χ1) is 11.3. The Morgan fingerprint density at radius 1 is 1.22 bits per heavy atom. The van der Waals surface area contributed by atoms with E-state index in [4.69, 9.17) is 4.74 Å². The molecule has 1 N–H and O–H groups in total. The van der Waals surface area contributed by atoms with Crippen LogP contribution in [0.15, 0.2) is 18.2 Å². The fraction of sp³-hybridized carbons (Fsp3) is 0.700. The molecule has 0 bridgehead atoms. The minimum Gasteiger partial charge on any atom is -0.496 e. The van der Waals surface area contributed by atoms with Crippen LogP contribution in [0.1, 0.15) is 43.7 Å². The number of hydrogen-bond donors (Lipinski definition) is 1. The molecule has 2 aliphatic rings. The third kappa shape index (κ3) is 4.07. The van der Waals surface area contributed by atoms with Crippen LogP contribution in [0.3, 0.4) is 0 Å². The lowest BCUT2D eigenvalue weighted by Gasteiger charge is -2.38. The number of nitrogens with one attached hydrogen (secondary N) is 1. The number of benzene rings is 1.